The number of esters is 1. The van der Waals surface area contributed by atoms with Crippen molar-refractivity contribution in [1.29, 1.82) is 0 Å². The first-order chi connectivity index (χ1) is 17.7. The number of nitrogen functional groups attached to an aromatic ring is 1. The summed E-state index contributed by atoms with van der Waals surface area (Å²) in [5, 5.41) is 5.64. The summed E-state index contributed by atoms with van der Waals surface area (Å²) in [5.41, 5.74) is 6.97. The van der Waals surface area contributed by atoms with Crippen LogP contribution in [0.5, 0.6) is 5.75 Å². The lowest BCUT2D eigenvalue weighted by molar-refractivity contribution is -0.149. The van der Waals surface area contributed by atoms with Crippen LogP contribution in [0.25, 0.3) is 11.2 Å². The normalized spacial score (nSPS) is 20.0. The lowest BCUT2D eigenvalue weighted by Gasteiger charge is -2.24. The van der Waals surface area contributed by atoms with Crippen LogP contribution >= 0.6 is 7.75 Å². The molecule has 0 amide bonds. The van der Waals surface area contributed by atoms with Gasteiger partial charge in [-0.3, -0.25) is 13.9 Å². The molecule has 3 heterocycles. The third kappa shape index (κ3) is 6.55. The number of nitrogens with two attached hydrogens (primary N) is 1. The zero-order valence-electron chi connectivity index (χ0n) is 21.2. The summed E-state index contributed by atoms with van der Waals surface area (Å²) in [5.74, 6) is 0.401. The Morgan fingerprint density at radius 2 is 2.00 bits per heavy atom. The smallest absolute Gasteiger partial charge is 0.459 e. The summed E-state index contributed by atoms with van der Waals surface area (Å²) < 4.78 is 38.3. The summed E-state index contributed by atoms with van der Waals surface area (Å²) in [6.45, 7) is 4.97. The molecule has 3 aromatic rings. The minimum atomic E-state index is -3.98. The van der Waals surface area contributed by atoms with Crippen molar-refractivity contribution in [3.8, 4) is 5.75 Å². The molecular formula is C23H32N7O6P. The van der Waals surface area contributed by atoms with Crippen molar-refractivity contribution in [3.05, 3.63) is 36.7 Å². The van der Waals surface area contributed by atoms with Crippen molar-refractivity contribution in [2.75, 3.05) is 24.7 Å². The van der Waals surface area contributed by atoms with Crippen LogP contribution in [0.15, 0.2) is 36.7 Å². The molecule has 4 N–H and O–H groups in total. The highest BCUT2D eigenvalue weighted by Gasteiger charge is 2.36. The van der Waals surface area contributed by atoms with E-state index in [1.807, 2.05) is 0 Å². The summed E-state index contributed by atoms with van der Waals surface area (Å²) in [7, 11) is -2.25. The quantitative estimate of drug-likeness (QED) is 0.244. The number of rotatable bonds is 11. The number of carbonyl (C=O) groups is 1. The van der Waals surface area contributed by atoms with Crippen LogP contribution in [0.4, 0.5) is 11.8 Å². The van der Waals surface area contributed by atoms with Gasteiger partial charge in [0.05, 0.1) is 25.1 Å². The average molecular weight is 534 g/mol. The van der Waals surface area contributed by atoms with Crippen LogP contribution in [0, 0.1) is 0 Å². The number of ether oxygens (including phenoxy) is 2. The van der Waals surface area contributed by atoms with Crippen molar-refractivity contribution in [2.24, 2.45) is 0 Å². The maximum atomic E-state index is 13.7. The minimum Gasteiger partial charge on any atom is -0.462 e. The van der Waals surface area contributed by atoms with E-state index in [-0.39, 0.29) is 24.9 Å². The van der Waals surface area contributed by atoms with E-state index >= 15 is 0 Å². The van der Waals surface area contributed by atoms with Gasteiger partial charge in [0, 0.05) is 7.05 Å². The number of imidazole rings is 1. The highest BCUT2D eigenvalue weighted by Crippen LogP contribution is 2.46. The Labute approximate surface area is 214 Å². The number of carbonyl (C=O) groups excluding carboxylic acids is 1. The molecule has 1 fully saturated rings. The Morgan fingerprint density at radius 1 is 1.24 bits per heavy atom. The lowest BCUT2D eigenvalue weighted by atomic mass is 10.2. The van der Waals surface area contributed by atoms with Gasteiger partial charge >= 0.3 is 13.7 Å². The van der Waals surface area contributed by atoms with Crippen molar-refractivity contribution in [2.45, 2.75) is 58.1 Å². The largest absolute Gasteiger partial charge is 0.462 e. The molecule has 4 atom stereocenters. The molecule has 200 valence electrons. The van der Waals surface area contributed by atoms with Gasteiger partial charge in [0.2, 0.25) is 5.95 Å². The van der Waals surface area contributed by atoms with Crippen molar-refractivity contribution >= 4 is 36.6 Å². The Bertz CT molecular complexity index is 1270. The number of hydrogen-bond acceptors (Lipinski definition) is 11. The zero-order chi connectivity index (χ0) is 26.6. The zero-order valence-corrected chi connectivity index (χ0v) is 22.1. The van der Waals surface area contributed by atoms with Crippen molar-refractivity contribution in [3.63, 3.8) is 0 Å². The number of benzene rings is 1. The Hall–Kier alpha value is -3.25. The summed E-state index contributed by atoms with van der Waals surface area (Å²) in [6, 6.07) is 7.65. The summed E-state index contributed by atoms with van der Waals surface area (Å²) in [6.07, 6.45) is 1.81. The second-order valence-corrected chi connectivity index (χ2v) is 10.5. The fourth-order valence-electron chi connectivity index (χ4n) is 3.85. The van der Waals surface area contributed by atoms with E-state index in [4.69, 9.17) is 24.3 Å². The maximum absolute atomic E-state index is 13.7. The summed E-state index contributed by atoms with van der Waals surface area (Å²) >= 11 is 0. The molecular weight excluding hydrogens is 501 g/mol. The van der Waals surface area contributed by atoms with Crippen LogP contribution in [-0.2, 0) is 23.4 Å². The van der Waals surface area contributed by atoms with E-state index in [9.17, 15) is 9.36 Å². The minimum absolute atomic E-state index is 0.0366. The SMILES string of the molecule is CNc1nc(N)nc2c1ncn2[C@H]1CC[C@@H](CO[P@@](=O)(N[C@@H](C)C(=O)OC(C)C)Oc2ccccc2)O1. The first-order valence-corrected chi connectivity index (χ1v) is 13.5. The number of hydrogen-bond donors (Lipinski definition) is 3. The van der Waals surface area contributed by atoms with Crippen LogP contribution in [0.3, 0.4) is 0 Å². The van der Waals surface area contributed by atoms with Gasteiger partial charge in [0.1, 0.15) is 18.0 Å². The van der Waals surface area contributed by atoms with Gasteiger partial charge in [-0.1, -0.05) is 18.2 Å². The van der Waals surface area contributed by atoms with E-state index in [0.717, 1.165) is 0 Å². The molecule has 1 aromatic carbocycles. The molecule has 0 saturated carbocycles. The molecule has 0 unspecified atom stereocenters. The van der Waals surface area contributed by atoms with Gasteiger partial charge in [0.25, 0.3) is 0 Å². The molecule has 1 aliphatic heterocycles. The van der Waals surface area contributed by atoms with E-state index < -0.39 is 25.9 Å². The van der Waals surface area contributed by atoms with Crippen LogP contribution < -0.4 is 20.7 Å². The average Bonchev–Trinajstić information content (AvgIpc) is 3.49. The van der Waals surface area contributed by atoms with E-state index in [0.29, 0.717) is 35.6 Å². The second-order valence-electron chi connectivity index (χ2n) is 8.83. The number of para-hydroxylation sites is 1. The number of aromatic nitrogens is 4. The van der Waals surface area contributed by atoms with Crippen LogP contribution in [0.2, 0.25) is 0 Å². The standard InChI is InChI=1S/C23H32N7O6P/c1-14(2)34-22(31)15(3)29-37(32,36-16-8-6-5-7-9-16)33-12-17-10-11-18(35-17)30-13-26-19-20(25-4)27-23(24)28-21(19)30/h5-9,13-15,17-18H,10-12H2,1-4H3,(H,29,32)(H3,24,25,27,28)/t15-,17-,18+,37-/m0/s1. The van der Waals surface area contributed by atoms with Gasteiger partial charge in [-0.25, -0.2) is 9.55 Å². The highest BCUT2D eigenvalue weighted by atomic mass is 31.2. The van der Waals surface area contributed by atoms with Gasteiger partial charge in [-0.15, -0.1) is 0 Å². The van der Waals surface area contributed by atoms with Gasteiger partial charge in [-0.05, 0) is 45.7 Å². The van der Waals surface area contributed by atoms with E-state index in [2.05, 4.69) is 25.4 Å². The lowest BCUT2D eigenvalue weighted by Crippen LogP contribution is -2.36. The molecule has 37 heavy (non-hydrogen) atoms. The van der Waals surface area contributed by atoms with E-state index in [1.54, 1.807) is 62.1 Å². The number of fused-ring (bicyclic) bond motifs is 1. The molecule has 0 spiro atoms. The topological polar surface area (TPSA) is 165 Å². The molecule has 1 aliphatic rings. The fourth-order valence-corrected chi connectivity index (χ4v) is 5.37. The Balaban J connectivity index is 1.45. The van der Waals surface area contributed by atoms with Crippen LogP contribution in [0.1, 0.15) is 39.8 Å². The molecule has 1 saturated heterocycles. The van der Waals surface area contributed by atoms with Crippen molar-refractivity contribution < 1.29 is 27.9 Å². The molecule has 14 heteroatoms. The number of anilines is 2. The highest BCUT2D eigenvalue weighted by molar-refractivity contribution is 7.52. The van der Waals surface area contributed by atoms with Crippen molar-refractivity contribution in [1.82, 2.24) is 24.6 Å². The summed E-state index contributed by atoms with van der Waals surface area (Å²) in [4.78, 5) is 25.2. The predicted molar refractivity (Wildman–Crippen MR) is 137 cm³/mol. The predicted octanol–water partition coefficient (Wildman–Crippen LogP) is 3.26. The molecule has 0 aliphatic carbocycles. The van der Waals surface area contributed by atoms with E-state index in [1.165, 1.54) is 6.92 Å². The third-order valence-electron chi connectivity index (χ3n) is 5.53. The fraction of sp³-hybridized carbons (Fsp3) is 0.478. The maximum Gasteiger partial charge on any atom is 0.459 e. The molecule has 4 rings (SSSR count). The molecule has 13 nitrogen and oxygen atoms in total. The van der Waals surface area contributed by atoms with Gasteiger partial charge in [0.15, 0.2) is 17.0 Å². The number of nitrogens with one attached hydrogen (secondary N) is 2. The first kappa shape index (κ1) is 26.8. The number of nitrogens with zero attached hydrogens (tertiary/aromatic N) is 4. The molecule has 0 bridgehead atoms. The molecule has 2 aromatic heterocycles. The van der Waals surface area contributed by atoms with Crippen LogP contribution in [-0.4, -0.2) is 57.4 Å². The van der Waals surface area contributed by atoms with Gasteiger partial charge < -0.3 is 25.0 Å². The Kier molecular flexibility index (Phi) is 8.28. The monoisotopic (exact) mass is 533 g/mol. The third-order valence-corrected chi connectivity index (χ3v) is 7.17. The Morgan fingerprint density at radius 3 is 2.70 bits per heavy atom. The molecule has 0 radical (unpaired) electrons. The second kappa shape index (κ2) is 11.4. The first-order valence-electron chi connectivity index (χ1n) is 12.0. The van der Waals surface area contributed by atoms with Gasteiger partial charge in [-0.2, -0.15) is 15.1 Å².